The minimum absolute atomic E-state index is 0.0424. The number of rotatable bonds is 12. The molecule has 14 nitrogen and oxygen atoms in total. The number of carbonyl (C=O) groups is 6. The fourth-order valence-corrected chi connectivity index (χ4v) is 10.7. The highest BCUT2D eigenvalue weighted by molar-refractivity contribution is 8.02. The third kappa shape index (κ3) is 8.76. The molecule has 2 saturated heterocycles. The summed E-state index contributed by atoms with van der Waals surface area (Å²) in [6.07, 6.45) is 0.846. The van der Waals surface area contributed by atoms with Crippen LogP contribution < -0.4 is 37.2 Å². The van der Waals surface area contributed by atoms with Gasteiger partial charge in [0.05, 0.1) is 29.1 Å². The van der Waals surface area contributed by atoms with Crippen LogP contribution in [-0.2, 0) is 33.5 Å². The molecule has 4 heterocycles. The van der Waals surface area contributed by atoms with Crippen molar-refractivity contribution in [2.45, 2.75) is 49.4 Å². The quantitative estimate of drug-likeness (QED) is 0.154. The van der Waals surface area contributed by atoms with Crippen LogP contribution in [0.4, 0.5) is 11.4 Å². The van der Waals surface area contributed by atoms with Crippen molar-refractivity contribution in [1.29, 1.82) is 0 Å². The molecule has 7 unspecified atom stereocenters. The molecule has 266 valence electrons. The van der Waals surface area contributed by atoms with E-state index in [1.54, 1.807) is 0 Å². The van der Waals surface area contributed by atoms with E-state index in [-0.39, 0.29) is 48.6 Å². The molecule has 7 N–H and O–H groups in total. The van der Waals surface area contributed by atoms with E-state index in [9.17, 15) is 28.8 Å². The number of carbonyl (C=O) groups excluding carboxylic acids is 6. The van der Waals surface area contributed by atoms with E-state index in [4.69, 9.17) is 4.74 Å². The molecule has 0 saturated carbocycles. The molecule has 18 heteroatoms. The number of hydrogen-bond donors (Lipinski definition) is 7. The lowest BCUT2D eigenvalue weighted by molar-refractivity contribution is -0.144. The third-order valence-corrected chi connectivity index (χ3v) is 13.5. The maximum Gasteiger partial charge on any atom is 0.325 e. The normalized spacial score (nSPS) is 26.0. The number of fused-ring (bicyclic) bond motifs is 2. The zero-order valence-corrected chi connectivity index (χ0v) is 30.2. The van der Waals surface area contributed by atoms with Gasteiger partial charge in [-0.2, -0.15) is 0 Å². The van der Waals surface area contributed by atoms with Crippen LogP contribution in [0.1, 0.15) is 12.8 Å². The Balaban J connectivity index is 0.965. The van der Waals surface area contributed by atoms with E-state index in [1.165, 1.54) is 54.1 Å². The second-order valence-electron chi connectivity index (χ2n) is 11.8. The Kier molecular flexibility index (Phi) is 11.9. The first-order valence-electron chi connectivity index (χ1n) is 16.0. The minimum Gasteiger partial charge on any atom is -0.463 e. The summed E-state index contributed by atoms with van der Waals surface area (Å²) in [7, 11) is 1.47. The van der Waals surface area contributed by atoms with Crippen LogP contribution in [0.5, 0.6) is 0 Å². The second-order valence-corrected chi connectivity index (χ2v) is 16.8. The van der Waals surface area contributed by atoms with Gasteiger partial charge in [-0.1, -0.05) is 47.8 Å². The first-order chi connectivity index (χ1) is 24.2. The molecular weight excluding hydrogens is 723 g/mol. The minimum atomic E-state index is -0.676. The van der Waals surface area contributed by atoms with Gasteiger partial charge in [0.15, 0.2) is 10.7 Å². The Labute approximate surface area is 305 Å². The van der Waals surface area contributed by atoms with Gasteiger partial charge in [-0.3, -0.25) is 28.8 Å². The summed E-state index contributed by atoms with van der Waals surface area (Å²) >= 11 is 5.60. The number of anilines is 2. The van der Waals surface area contributed by atoms with Crippen molar-refractivity contribution in [3.05, 3.63) is 48.5 Å². The topological polar surface area (TPSA) is 196 Å². The van der Waals surface area contributed by atoms with Crippen molar-refractivity contribution >= 4 is 93.9 Å². The second kappa shape index (κ2) is 16.5. The summed E-state index contributed by atoms with van der Waals surface area (Å²) in [6.45, 7) is -0.603. The van der Waals surface area contributed by atoms with Gasteiger partial charge in [0.2, 0.25) is 17.7 Å². The molecule has 7 atom stereocenters. The molecular formula is C32H37N7O7S4. The van der Waals surface area contributed by atoms with Gasteiger partial charge in [-0.05, 0) is 42.9 Å². The van der Waals surface area contributed by atoms with Crippen molar-refractivity contribution in [3.63, 3.8) is 0 Å². The summed E-state index contributed by atoms with van der Waals surface area (Å²) in [5.74, 6) is -2.75. The molecule has 6 rings (SSSR count). The molecule has 50 heavy (non-hydrogen) atoms. The molecule has 0 aliphatic carbocycles. The number of likely N-dealkylation sites (N-methyl/N-ethyl adjacent to an activating group) is 1. The highest BCUT2D eigenvalue weighted by Gasteiger charge is 2.43. The van der Waals surface area contributed by atoms with E-state index in [0.717, 1.165) is 21.2 Å². The molecule has 4 aliphatic rings. The summed E-state index contributed by atoms with van der Waals surface area (Å²) in [5.41, 5.74) is 1.75. The van der Waals surface area contributed by atoms with Gasteiger partial charge in [-0.25, -0.2) is 0 Å². The number of ether oxygens (including phenoxy) is 1. The lowest BCUT2D eigenvalue weighted by atomic mass is 10.0. The first kappa shape index (κ1) is 36.1. The van der Waals surface area contributed by atoms with Crippen LogP contribution in [0.25, 0.3) is 0 Å². The summed E-state index contributed by atoms with van der Waals surface area (Å²) in [5, 5.41) is 17.6. The summed E-state index contributed by atoms with van der Waals surface area (Å²) in [6, 6.07) is 15.2. The van der Waals surface area contributed by atoms with Gasteiger partial charge >= 0.3 is 5.97 Å². The predicted molar refractivity (Wildman–Crippen MR) is 194 cm³/mol. The Bertz CT molecular complexity index is 1600. The number of nitrogens with one attached hydrogen (secondary N) is 7. The number of esters is 1. The fourth-order valence-electron chi connectivity index (χ4n) is 5.81. The molecule has 0 spiro atoms. The average molecular weight is 760 g/mol. The molecule has 0 aromatic heterocycles. The zero-order chi connectivity index (χ0) is 35.2. The van der Waals surface area contributed by atoms with Gasteiger partial charge in [0.25, 0.3) is 11.8 Å². The van der Waals surface area contributed by atoms with Crippen LogP contribution in [0, 0.1) is 11.8 Å². The van der Waals surface area contributed by atoms with E-state index in [0.29, 0.717) is 18.6 Å². The highest BCUT2D eigenvalue weighted by Crippen LogP contribution is 2.41. The maximum absolute atomic E-state index is 13.2. The average Bonchev–Trinajstić information content (AvgIpc) is 3.93. The van der Waals surface area contributed by atoms with Crippen molar-refractivity contribution in [2.75, 3.05) is 43.1 Å². The number of hydrogen-bond acceptors (Lipinski definition) is 13. The lowest BCUT2D eigenvalue weighted by Gasteiger charge is -2.21. The van der Waals surface area contributed by atoms with Crippen LogP contribution in [0.2, 0.25) is 0 Å². The van der Waals surface area contributed by atoms with Crippen LogP contribution in [-0.4, -0.2) is 94.7 Å². The lowest BCUT2D eigenvalue weighted by Crippen LogP contribution is -2.47. The van der Waals surface area contributed by atoms with E-state index in [1.807, 2.05) is 48.5 Å². The van der Waals surface area contributed by atoms with Gasteiger partial charge < -0.3 is 42.0 Å². The van der Waals surface area contributed by atoms with Gasteiger partial charge in [-0.15, -0.1) is 23.5 Å². The molecule has 2 fully saturated rings. The number of benzene rings is 2. The monoisotopic (exact) mass is 759 g/mol. The SMILES string of the molecule is CNC(=O)CNC(=O)C1CC(COC(=O)CNC(=O)C2CCSC2NC(=O)C2Nc3ccccc3S2)SC1NC(=O)C1Nc2ccccc2S1. The predicted octanol–water partition coefficient (Wildman–Crippen LogP) is 1.36. The molecule has 5 amide bonds. The van der Waals surface area contributed by atoms with Crippen LogP contribution in [0.15, 0.2) is 58.3 Å². The van der Waals surface area contributed by atoms with Gasteiger partial charge in [0, 0.05) is 33.5 Å². The van der Waals surface area contributed by atoms with E-state index < -0.39 is 45.2 Å². The maximum atomic E-state index is 13.2. The smallest absolute Gasteiger partial charge is 0.325 e. The number of thioether (sulfide) groups is 4. The van der Waals surface area contributed by atoms with Crippen molar-refractivity contribution < 1.29 is 33.5 Å². The Morgan fingerprint density at radius 2 is 1.34 bits per heavy atom. The Morgan fingerprint density at radius 1 is 0.760 bits per heavy atom. The van der Waals surface area contributed by atoms with E-state index >= 15 is 0 Å². The highest BCUT2D eigenvalue weighted by atomic mass is 32.2. The van der Waals surface area contributed by atoms with Gasteiger partial charge in [0.1, 0.15) is 13.2 Å². The number of amides is 5. The standard InChI is InChI=1S/C32H37N7O7S4/c1-33-23(40)13-34-26(43)18-12-16(48-30(18)39-28(45)32-37-20-7-3-5-9-22(20)50-32)15-46-24(41)14-35-25(42)17-10-11-47-29(17)38-27(44)31-36-19-6-2-4-8-21(19)49-31/h2-9,16-18,29-32,36-37H,10-15H2,1H3,(H,33,40)(H,34,43)(H,35,42)(H,38,44)(H,39,45). The molecule has 0 radical (unpaired) electrons. The Hall–Kier alpha value is -3.74. The molecule has 4 aliphatic heterocycles. The van der Waals surface area contributed by atoms with Crippen molar-refractivity contribution in [1.82, 2.24) is 26.6 Å². The number of para-hydroxylation sites is 2. The molecule has 2 aromatic carbocycles. The Morgan fingerprint density at radius 3 is 1.96 bits per heavy atom. The van der Waals surface area contributed by atoms with Crippen LogP contribution >= 0.6 is 47.0 Å². The zero-order valence-electron chi connectivity index (χ0n) is 26.9. The first-order valence-corrected chi connectivity index (χ1v) is 19.8. The molecule has 0 bridgehead atoms. The van der Waals surface area contributed by atoms with Crippen LogP contribution in [0.3, 0.4) is 0 Å². The largest absolute Gasteiger partial charge is 0.463 e. The third-order valence-electron chi connectivity index (χ3n) is 8.41. The fraction of sp³-hybridized carbons (Fsp3) is 0.438. The summed E-state index contributed by atoms with van der Waals surface area (Å²) in [4.78, 5) is 78.7. The molecule has 2 aromatic rings. The van der Waals surface area contributed by atoms with Crippen molar-refractivity contribution in [2.24, 2.45) is 11.8 Å². The van der Waals surface area contributed by atoms with Crippen molar-refractivity contribution in [3.8, 4) is 0 Å². The summed E-state index contributed by atoms with van der Waals surface area (Å²) < 4.78 is 5.48. The van der Waals surface area contributed by atoms with E-state index in [2.05, 4.69) is 37.2 Å².